The molecule has 1 fully saturated rings. The van der Waals surface area contributed by atoms with Crippen molar-refractivity contribution < 1.29 is 18.9 Å². The van der Waals surface area contributed by atoms with Crippen LogP contribution in [0.1, 0.15) is 11.7 Å². The molecule has 5 nitrogen and oxygen atoms in total. The summed E-state index contributed by atoms with van der Waals surface area (Å²) in [6.07, 6.45) is 0.0175. The fourth-order valence-electron chi connectivity index (χ4n) is 2.21. The van der Waals surface area contributed by atoms with Crippen molar-refractivity contribution in [3.05, 3.63) is 23.8 Å². The van der Waals surface area contributed by atoms with Crippen molar-refractivity contribution in [1.82, 2.24) is 4.98 Å². The number of pyridine rings is 1. The van der Waals surface area contributed by atoms with Gasteiger partial charge in [-0.1, -0.05) is 0 Å². The van der Waals surface area contributed by atoms with E-state index >= 15 is 0 Å². The molecule has 0 radical (unpaired) electrons. The predicted molar refractivity (Wildman–Crippen MR) is 70.1 cm³/mol. The molecule has 1 aromatic carbocycles. The molecule has 2 aromatic rings. The normalized spacial score (nSPS) is 17.3. The van der Waals surface area contributed by atoms with Crippen molar-refractivity contribution in [2.45, 2.75) is 6.10 Å². The van der Waals surface area contributed by atoms with E-state index in [1.165, 1.54) is 0 Å². The van der Waals surface area contributed by atoms with E-state index in [4.69, 9.17) is 18.9 Å². The second kappa shape index (κ2) is 4.59. The quantitative estimate of drug-likeness (QED) is 0.791. The molecule has 1 atom stereocenters. The smallest absolute Gasteiger partial charge is 0.223 e. The lowest BCUT2D eigenvalue weighted by molar-refractivity contribution is 0.354. The highest BCUT2D eigenvalue weighted by Gasteiger charge is 2.33. The van der Waals surface area contributed by atoms with Gasteiger partial charge in [0.25, 0.3) is 0 Å². The van der Waals surface area contributed by atoms with Gasteiger partial charge in [0.05, 0.1) is 39.0 Å². The van der Waals surface area contributed by atoms with Gasteiger partial charge >= 0.3 is 0 Å². The molecular weight excluding hydrogens is 246 g/mol. The summed E-state index contributed by atoms with van der Waals surface area (Å²) in [6.45, 7) is 0.677. The average Bonchev–Trinajstić information content (AvgIpc) is 3.28. The molecule has 0 aliphatic carbocycles. The summed E-state index contributed by atoms with van der Waals surface area (Å²) in [6, 6.07) is 5.68. The van der Waals surface area contributed by atoms with Crippen LogP contribution in [0.2, 0.25) is 0 Å². The molecule has 1 unspecified atom stereocenters. The molecule has 100 valence electrons. The number of fused-ring (bicyclic) bond motifs is 1. The summed E-state index contributed by atoms with van der Waals surface area (Å²) in [5, 5.41) is 0.926. The molecule has 1 aliphatic rings. The van der Waals surface area contributed by atoms with Gasteiger partial charge in [0, 0.05) is 11.5 Å². The van der Waals surface area contributed by atoms with E-state index in [0.717, 1.165) is 28.0 Å². The Morgan fingerprint density at radius 1 is 1.16 bits per heavy atom. The highest BCUT2D eigenvalue weighted by molar-refractivity contribution is 5.88. The third kappa shape index (κ3) is 1.96. The number of hydrogen-bond donors (Lipinski definition) is 0. The van der Waals surface area contributed by atoms with E-state index in [2.05, 4.69) is 4.98 Å². The highest BCUT2D eigenvalue weighted by atomic mass is 16.6. The maximum absolute atomic E-state index is 5.54. The first-order valence-corrected chi connectivity index (χ1v) is 5.99. The summed E-state index contributed by atoms with van der Waals surface area (Å²) in [5.41, 5.74) is 1.65. The molecule has 0 bridgehead atoms. The average molecular weight is 261 g/mol. The summed E-state index contributed by atoms with van der Waals surface area (Å²) >= 11 is 0. The number of hydrogen-bond acceptors (Lipinski definition) is 5. The minimum atomic E-state index is 0.0175. The Morgan fingerprint density at radius 2 is 1.95 bits per heavy atom. The van der Waals surface area contributed by atoms with Crippen LogP contribution < -0.4 is 14.2 Å². The summed E-state index contributed by atoms with van der Waals surface area (Å²) in [5.74, 6) is 2.05. The van der Waals surface area contributed by atoms with Gasteiger partial charge in [-0.2, -0.15) is 0 Å². The van der Waals surface area contributed by atoms with E-state index in [9.17, 15) is 0 Å². The maximum Gasteiger partial charge on any atom is 0.223 e. The van der Waals surface area contributed by atoms with Crippen LogP contribution in [0.25, 0.3) is 10.9 Å². The van der Waals surface area contributed by atoms with E-state index in [0.29, 0.717) is 12.5 Å². The number of nitrogens with zero attached hydrogens (tertiary/aromatic N) is 1. The highest BCUT2D eigenvalue weighted by Crippen LogP contribution is 2.45. The van der Waals surface area contributed by atoms with Crippen LogP contribution in [0.5, 0.6) is 17.4 Å². The van der Waals surface area contributed by atoms with Crippen LogP contribution in [0.15, 0.2) is 18.2 Å². The Morgan fingerprint density at radius 3 is 2.53 bits per heavy atom. The number of methoxy groups -OCH3 is 3. The number of benzene rings is 1. The van der Waals surface area contributed by atoms with Crippen molar-refractivity contribution in [2.75, 3.05) is 27.9 Å². The Bertz CT molecular complexity index is 622. The Balaban J connectivity index is 2.29. The van der Waals surface area contributed by atoms with E-state index < -0.39 is 0 Å². The van der Waals surface area contributed by atoms with E-state index in [1.54, 1.807) is 21.3 Å². The lowest BCUT2D eigenvalue weighted by Crippen LogP contribution is -2.00. The Labute approximate surface area is 111 Å². The number of rotatable bonds is 4. The van der Waals surface area contributed by atoms with Gasteiger partial charge in [-0.15, -0.1) is 0 Å². The zero-order chi connectivity index (χ0) is 13.4. The van der Waals surface area contributed by atoms with Crippen LogP contribution in [-0.4, -0.2) is 32.9 Å². The fraction of sp³-hybridized carbons (Fsp3) is 0.357. The van der Waals surface area contributed by atoms with Gasteiger partial charge in [-0.3, -0.25) is 0 Å². The molecule has 0 N–H and O–H groups in total. The topological polar surface area (TPSA) is 53.1 Å². The predicted octanol–water partition coefficient (Wildman–Crippen LogP) is 2.33. The molecule has 1 aromatic heterocycles. The van der Waals surface area contributed by atoms with Crippen LogP contribution in [0, 0.1) is 0 Å². The van der Waals surface area contributed by atoms with Gasteiger partial charge in [0.15, 0.2) is 0 Å². The zero-order valence-corrected chi connectivity index (χ0v) is 11.1. The molecule has 1 aliphatic heterocycles. The first kappa shape index (κ1) is 12.0. The van der Waals surface area contributed by atoms with Crippen molar-refractivity contribution >= 4 is 10.9 Å². The lowest BCUT2D eigenvalue weighted by Gasteiger charge is -2.14. The second-order valence-electron chi connectivity index (χ2n) is 4.27. The zero-order valence-electron chi connectivity index (χ0n) is 11.1. The molecule has 0 spiro atoms. The summed E-state index contributed by atoms with van der Waals surface area (Å²) in [7, 11) is 4.87. The summed E-state index contributed by atoms with van der Waals surface area (Å²) in [4.78, 5) is 4.51. The fourth-order valence-corrected chi connectivity index (χ4v) is 2.21. The van der Waals surface area contributed by atoms with Gasteiger partial charge in [0.1, 0.15) is 17.6 Å². The third-order valence-corrected chi connectivity index (χ3v) is 3.20. The molecule has 0 amide bonds. The molecular formula is C14H15NO4. The monoisotopic (exact) mass is 261 g/mol. The van der Waals surface area contributed by atoms with Crippen molar-refractivity contribution in [2.24, 2.45) is 0 Å². The largest absolute Gasteiger partial charge is 0.497 e. The SMILES string of the molecule is COc1ccc2c(OC)c(C3CO3)c(OC)nc2c1. The van der Waals surface area contributed by atoms with Crippen molar-refractivity contribution in [3.8, 4) is 17.4 Å². The van der Waals surface area contributed by atoms with Gasteiger partial charge in [0.2, 0.25) is 5.88 Å². The summed E-state index contributed by atoms with van der Waals surface area (Å²) < 4.78 is 21.5. The van der Waals surface area contributed by atoms with E-state index in [1.807, 2.05) is 18.2 Å². The van der Waals surface area contributed by atoms with Gasteiger partial charge < -0.3 is 18.9 Å². The van der Waals surface area contributed by atoms with Crippen LogP contribution in [-0.2, 0) is 4.74 Å². The number of ether oxygens (including phenoxy) is 4. The first-order valence-electron chi connectivity index (χ1n) is 5.99. The second-order valence-corrected chi connectivity index (χ2v) is 4.27. The minimum absolute atomic E-state index is 0.0175. The first-order chi connectivity index (χ1) is 9.28. The molecule has 0 saturated carbocycles. The molecule has 2 heterocycles. The third-order valence-electron chi connectivity index (χ3n) is 3.20. The molecule has 5 heteroatoms. The van der Waals surface area contributed by atoms with Crippen molar-refractivity contribution in [3.63, 3.8) is 0 Å². The number of epoxide rings is 1. The van der Waals surface area contributed by atoms with Crippen LogP contribution in [0.3, 0.4) is 0 Å². The van der Waals surface area contributed by atoms with Gasteiger partial charge in [-0.05, 0) is 12.1 Å². The minimum Gasteiger partial charge on any atom is -0.497 e. The Hall–Kier alpha value is -2.01. The Kier molecular flexibility index (Phi) is 2.91. The molecule has 3 rings (SSSR count). The van der Waals surface area contributed by atoms with Gasteiger partial charge in [-0.25, -0.2) is 4.98 Å². The van der Waals surface area contributed by atoms with Crippen LogP contribution >= 0.6 is 0 Å². The molecule has 1 saturated heterocycles. The van der Waals surface area contributed by atoms with Crippen molar-refractivity contribution in [1.29, 1.82) is 0 Å². The standard InChI is InChI=1S/C14H15NO4/c1-16-8-4-5-9-10(6-8)15-14(18-3)12(11-7-19-11)13(9)17-2/h4-6,11H,7H2,1-3H3. The lowest BCUT2D eigenvalue weighted by atomic mass is 10.1. The number of aromatic nitrogens is 1. The van der Waals surface area contributed by atoms with Crippen LogP contribution in [0.4, 0.5) is 0 Å². The van der Waals surface area contributed by atoms with E-state index in [-0.39, 0.29) is 6.10 Å². The molecule has 19 heavy (non-hydrogen) atoms. The maximum atomic E-state index is 5.54.